The van der Waals surface area contributed by atoms with Crippen LogP contribution in [0.3, 0.4) is 0 Å². The zero-order chi connectivity index (χ0) is 43.5. The SMILES string of the molecule is CCC1=C(c2cccc3c2sc2ccccc23)N=C(c2c(-n3c4cc5ccccc5cc4c4ccc5ccccc5c43)ccc3c2oc2ccccc23)N=C(c2cccc3ccccc23)C1. The van der Waals surface area contributed by atoms with Crippen molar-refractivity contribution in [1.82, 2.24) is 4.57 Å². The lowest BCUT2D eigenvalue weighted by molar-refractivity contribution is 0.667. The highest BCUT2D eigenvalue weighted by Gasteiger charge is 2.28. The molecule has 0 saturated carbocycles. The number of benzene rings is 10. The van der Waals surface area contributed by atoms with Gasteiger partial charge in [-0.05, 0) is 75.3 Å². The number of hydrogen-bond acceptors (Lipinski definition) is 4. The van der Waals surface area contributed by atoms with E-state index in [-0.39, 0.29) is 0 Å². The molecule has 0 saturated heterocycles. The van der Waals surface area contributed by atoms with Gasteiger partial charge < -0.3 is 8.98 Å². The van der Waals surface area contributed by atoms with Crippen LogP contribution in [0.4, 0.5) is 0 Å². The summed E-state index contributed by atoms with van der Waals surface area (Å²) in [5.41, 5.74) is 11.1. The smallest absolute Gasteiger partial charge is 0.166 e. The van der Waals surface area contributed by atoms with Gasteiger partial charge in [-0.1, -0.05) is 165 Å². The minimum Gasteiger partial charge on any atom is -0.455 e. The molecule has 66 heavy (non-hydrogen) atoms. The molecule has 310 valence electrons. The number of hydrogen-bond donors (Lipinski definition) is 0. The van der Waals surface area contributed by atoms with Crippen molar-refractivity contribution in [3.8, 4) is 5.69 Å². The molecular formula is C61H39N3OS. The van der Waals surface area contributed by atoms with Crippen molar-refractivity contribution in [2.75, 3.05) is 0 Å². The Hall–Kier alpha value is -8.12. The molecule has 0 bridgehead atoms. The van der Waals surface area contributed by atoms with Crippen LogP contribution in [-0.2, 0) is 0 Å². The van der Waals surface area contributed by atoms with Gasteiger partial charge in [0.1, 0.15) is 11.2 Å². The van der Waals surface area contributed by atoms with Crippen molar-refractivity contribution < 1.29 is 4.42 Å². The Balaban J connectivity index is 1.16. The summed E-state index contributed by atoms with van der Waals surface area (Å²) in [5.74, 6) is 0.630. The lowest BCUT2D eigenvalue weighted by Gasteiger charge is -2.16. The molecule has 0 spiro atoms. The van der Waals surface area contributed by atoms with Crippen LogP contribution in [0.15, 0.2) is 214 Å². The number of aliphatic imine (C=N–C) groups is 2. The van der Waals surface area contributed by atoms with E-state index in [9.17, 15) is 0 Å². The average molecular weight is 862 g/mol. The second-order valence-corrected chi connectivity index (χ2v) is 18.5. The standard InChI is InChI=1S/C61H39N3OS/c1-2-36-34-51(43-24-13-19-37-15-5-7-20-41(37)43)62-61(63-57(36)49-26-14-25-48-45-23-10-12-28-55(45)66-60(48)49)56-52(32-31-47-44-22-9-11-27-54(44)65-59(47)56)64-53-35-40-18-4-3-17-39(40)33-50(53)46-30-29-38-16-6-8-21-42(38)58(46)64/h3-33,35H,2,34H2,1H3. The Bertz CT molecular complexity index is 4300. The molecule has 4 heterocycles. The van der Waals surface area contributed by atoms with Gasteiger partial charge in [0.15, 0.2) is 5.84 Å². The Labute approximate surface area is 383 Å². The van der Waals surface area contributed by atoms with Crippen molar-refractivity contribution >= 4 is 125 Å². The molecule has 5 heteroatoms. The first-order valence-corrected chi connectivity index (χ1v) is 23.6. The second-order valence-electron chi connectivity index (χ2n) is 17.5. The third kappa shape index (κ3) is 5.50. The summed E-state index contributed by atoms with van der Waals surface area (Å²) in [4.78, 5) is 11.8. The third-order valence-electron chi connectivity index (χ3n) is 13.9. The molecule has 0 fully saturated rings. The van der Waals surface area contributed by atoms with Crippen LogP contribution in [0.5, 0.6) is 0 Å². The van der Waals surface area contributed by atoms with E-state index in [0.717, 1.165) is 73.2 Å². The minimum absolute atomic E-state index is 0.630. The number of nitrogens with zero attached hydrogens (tertiary/aromatic N) is 3. The topological polar surface area (TPSA) is 42.8 Å². The van der Waals surface area contributed by atoms with Crippen LogP contribution >= 0.6 is 11.3 Å². The largest absolute Gasteiger partial charge is 0.455 e. The Morgan fingerprint density at radius 2 is 1.17 bits per heavy atom. The maximum Gasteiger partial charge on any atom is 0.166 e. The lowest BCUT2D eigenvalue weighted by atomic mass is 9.93. The van der Waals surface area contributed by atoms with Gasteiger partial charge in [-0.25, -0.2) is 9.98 Å². The highest BCUT2D eigenvalue weighted by atomic mass is 32.1. The molecule has 0 radical (unpaired) electrons. The summed E-state index contributed by atoms with van der Waals surface area (Å²) >= 11 is 1.85. The predicted octanol–water partition coefficient (Wildman–Crippen LogP) is 17.0. The van der Waals surface area contributed by atoms with Crippen LogP contribution in [0.2, 0.25) is 0 Å². The van der Waals surface area contributed by atoms with Gasteiger partial charge in [0.25, 0.3) is 0 Å². The van der Waals surface area contributed by atoms with Gasteiger partial charge in [-0.15, -0.1) is 11.3 Å². The fourth-order valence-electron chi connectivity index (χ4n) is 10.8. The molecule has 0 aliphatic carbocycles. The van der Waals surface area contributed by atoms with Crippen LogP contribution < -0.4 is 0 Å². The summed E-state index contributed by atoms with van der Waals surface area (Å²) in [6, 6.07) is 70.3. The maximum absolute atomic E-state index is 7.14. The van der Waals surface area contributed by atoms with Crippen LogP contribution in [0.1, 0.15) is 36.5 Å². The fourth-order valence-corrected chi connectivity index (χ4v) is 12.0. The normalized spacial score (nSPS) is 13.7. The van der Waals surface area contributed by atoms with Gasteiger partial charge in [-0.2, -0.15) is 0 Å². The zero-order valence-corrected chi connectivity index (χ0v) is 36.9. The average Bonchev–Trinajstić information content (AvgIpc) is 4.00. The molecule has 0 unspecified atom stereocenters. The second kappa shape index (κ2) is 14.4. The van der Waals surface area contributed by atoms with E-state index in [1.165, 1.54) is 68.8 Å². The molecule has 1 aliphatic rings. The first kappa shape index (κ1) is 37.3. The highest BCUT2D eigenvalue weighted by Crippen LogP contribution is 2.45. The van der Waals surface area contributed by atoms with Crippen molar-refractivity contribution in [1.29, 1.82) is 0 Å². The number of aromatic nitrogens is 1. The van der Waals surface area contributed by atoms with Gasteiger partial charge in [0, 0.05) is 64.7 Å². The molecular weight excluding hydrogens is 823 g/mol. The van der Waals surface area contributed by atoms with E-state index >= 15 is 0 Å². The molecule has 13 aromatic rings. The molecule has 0 N–H and O–H groups in total. The minimum atomic E-state index is 0.630. The van der Waals surface area contributed by atoms with Gasteiger partial charge in [0.2, 0.25) is 0 Å². The van der Waals surface area contributed by atoms with E-state index in [1.54, 1.807) is 0 Å². The number of amidine groups is 1. The van der Waals surface area contributed by atoms with Crippen molar-refractivity contribution in [3.63, 3.8) is 0 Å². The Morgan fingerprint density at radius 3 is 2.02 bits per heavy atom. The van der Waals surface area contributed by atoms with Crippen molar-refractivity contribution in [2.45, 2.75) is 19.8 Å². The molecule has 0 amide bonds. The number of fused-ring (bicyclic) bond motifs is 13. The molecule has 0 atom stereocenters. The van der Waals surface area contributed by atoms with Crippen molar-refractivity contribution in [3.05, 3.63) is 216 Å². The predicted molar refractivity (Wildman–Crippen MR) is 281 cm³/mol. The Kier molecular flexibility index (Phi) is 8.16. The summed E-state index contributed by atoms with van der Waals surface area (Å²) < 4.78 is 12.1. The molecule has 4 nitrogen and oxygen atoms in total. The third-order valence-corrected chi connectivity index (χ3v) is 15.1. The Morgan fingerprint density at radius 1 is 0.515 bits per heavy atom. The van der Waals surface area contributed by atoms with Crippen LogP contribution in [0.25, 0.3) is 108 Å². The number of allylic oxidation sites excluding steroid dienone is 1. The van der Waals surface area contributed by atoms with Crippen molar-refractivity contribution in [2.24, 2.45) is 9.98 Å². The van der Waals surface area contributed by atoms with Crippen LogP contribution in [0, 0.1) is 0 Å². The highest BCUT2D eigenvalue weighted by molar-refractivity contribution is 7.26. The monoisotopic (exact) mass is 861 g/mol. The van der Waals surface area contributed by atoms with Gasteiger partial charge in [0.05, 0.1) is 33.7 Å². The summed E-state index contributed by atoms with van der Waals surface area (Å²) in [7, 11) is 0. The molecule has 1 aliphatic heterocycles. The summed E-state index contributed by atoms with van der Waals surface area (Å²) in [6.45, 7) is 2.26. The van der Waals surface area contributed by atoms with Gasteiger partial charge in [-0.3, -0.25) is 0 Å². The number of thiophene rings is 1. The molecule has 10 aromatic carbocycles. The van der Waals surface area contributed by atoms with Crippen LogP contribution in [-0.4, -0.2) is 16.1 Å². The van der Waals surface area contributed by atoms with E-state index in [1.807, 2.05) is 11.3 Å². The first-order valence-electron chi connectivity index (χ1n) is 22.8. The van der Waals surface area contributed by atoms with E-state index in [2.05, 4.69) is 206 Å². The molecule has 3 aromatic heterocycles. The summed E-state index contributed by atoms with van der Waals surface area (Å²) in [5, 5.41) is 14.1. The number of para-hydroxylation sites is 1. The quantitative estimate of drug-likeness (QED) is 0.170. The lowest BCUT2D eigenvalue weighted by Crippen LogP contribution is -2.10. The van der Waals surface area contributed by atoms with E-state index in [4.69, 9.17) is 14.4 Å². The number of rotatable bonds is 5. The van der Waals surface area contributed by atoms with E-state index in [0.29, 0.717) is 12.3 Å². The fraction of sp³-hybridized carbons (Fsp3) is 0.0492. The number of furan rings is 1. The summed E-state index contributed by atoms with van der Waals surface area (Å²) in [6.07, 6.45) is 1.45. The zero-order valence-electron chi connectivity index (χ0n) is 36.0. The first-order chi connectivity index (χ1) is 32.7. The van der Waals surface area contributed by atoms with E-state index < -0.39 is 0 Å². The maximum atomic E-state index is 7.14. The molecule has 14 rings (SSSR count). The van der Waals surface area contributed by atoms with Gasteiger partial charge >= 0.3 is 0 Å².